The predicted molar refractivity (Wildman–Crippen MR) is 100 cm³/mol. The van der Waals surface area contributed by atoms with Crippen LogP contribution >= 0.6 is 0 Å². The fourth-order valence-electron chi connectivity index (χ4n) is 4.35. The van der Waals surface area contributed by atoms with E-state index in [1.165, 1.54) is 24.1 Å². The summed E-state index contributed by atoms with van der Waals surface area (Å²) in [6, 6.07) is 8.49. The SMILES string of the molecule is CN1CCN(C(=O)C2CCC(C(C)(C)C)CC2)Cc2ccccc21. The van der Waals surface area contributed by atoms with Gasteiger partial charge in [-0.2, -0.15) is 0 Å². The standard InChI is InChI=1S/C21H32N2O/c1-21(2,3)18-11-9-16(10-12-18)20(24)23-14-13-22(4)19-8-6-5-7-17(19)15-23/h5-8,16,18H,9-15H2,1-4H3. The summed E-state index contributed by atoms with van der Waals surface area (Å²) in [6.45, 7) is 9.52. The van der Waals surface area contributed by atoms with Crippen LogP contribution in [0.4, 0.5) is 5.69 Å². The van der Waals surface area contributed by atoms with E-state index in [0.717, 1.165) is 38.4 Å². The van der Waals surface area contributed by atoms with Crippen molar-refractivity contribution in [2.75, 3.05) is 25.0 Å². The molecule has 1 aromatic carbocycles. The van der Waals surface area contributed by atoms with Crippen LogP contribution in [0.3, 0.4) is 0 Å². The second-order valence-electron chi connectivity index (χ2n) is 8.72. The number of anilines is 1. The number of fused-ring (bicyclic) bond motifs is 1. The Morgan fingerprint density at radius 3 is 2.38 bits per heavy atom. The molecule has 3 nitrogen and oxygen atoms in total. The highest BCUT2D eigenvalue weighted by Crippen LogP contribution is 2.40. The first-order valence-electron chi connectivity index (χ1n) is 9.44. The van der Waals surface area contributed by atoms with E-state index in [4.69, 9.17) is 0 Å². The van der Waals surface area contributed by atoms with Crippen LogP contribution in [0.25, 0.3) is 0 Å². The molecular formula is C21H32N2O. The van der Waals surface area contributed by atoms with E-state index in [0.29, 0.717) is 11.3 Å². The molecule has 3 heteroatoms. The van der Waals surface area contributed by atoms with Crippen LogP contribution < -0.4 is 4.90 Å². The molecule has 1 saturated carbocycles. The van der Waals surface area contributed by atoms with Gasteiger partial charge in [0.2, 0.25) is 5.91 Å². The van der Waals surface area contributed by atoms with Crippen molar-refractivity contribution in [3.63, 3.8) is 0 Å². The van der Waals surface area contributed by atoms with E-state index in [9.17, 15) is 4.79 Å². The van der Waals surface area contributed by atoms with Crippen LogP contribution in [-0.2, 0) is 11.3 Å². The molecule has 0 N–H and O–H groups in total. The van der Waals surface area contributed by atoms with E-state index < -0.39 is 0 Å². The molecule has 0 spiro atoms. The van der Waals surface area contributed by atoms with Gasteiger partial charge in [-0.05, 0) is 48.6 Å². The van der Waals surface area contributed by atoms with E-state index >= 15 is 0 Å². The first-order valence-corrected chi connectivity index (χ1v) is 9.44. The van der Waals surface area contributed by atoms with Crippen LogP contribution in [0, 0.1) is 17.3 Å². The molecule has 0 aromatic heterocycles. The molecule has 0 bridgehead atoms. The molecule has 0 unspecified atom stereocenters. The highest BCUT2D eigenvalue weighted by atomic mass is 16.2. The molecule has 24 heavy (non-hydrogen) atoms. The van der Waals surface area contributed by atoms with E-state index in [2.05, 4.69) is 61.9 Å². The molecule has 3 rings (SSSR count). The molecule has 1 aromatic rings. The summed E-state index contributed by atoms with van der Waals surface area (Å²) < 4.78 is 0. The first kappa shape index (κ1) is 17.3. The van der Waals surface area contributed by atoms with Crippen molar-refractivity contribution in [2.45, 2.75) is 53.0 Å². The molecule has 0 saturated heterocycles. The summed E-state index contributed by atoms with van der Waals surface area (Å²) in [5.41, 5.74) is 2.91. The second kappa shape index (κ2) is 6.78. The molecule has 1 fully saturated rings. The van der Waals surface area contributed by atoms with Gasteiger partial charge in [0.1, 0.15) is 0 Å². The molecule has 1 heterocycles. The van der Waals surface area contributed by atoms with Gasteiger partial charge in [-0.1, -0.05) is 39.0 Å². The van der Waals surface area contributed by atoms with Gasteiger partial charge in [0.05, 0.1) is 0 Å². The number of hydrogen-bond acceptors (Lipinski definition) is 2. The third-order valence-corrected chi connectivity index (χ3v) is 6.08. The molecule has 1 aliphatic carbocycles. The van der Waals surface area contributed by atoms with Crippen LogP contribution in [0.15, 0.2) is 24.3 Å². The Labute approximate surface area is 147 Å². The summed E-state index contributed by atoms with van der Waals surface area (Å²) in [4.78, 5) is 17.5. The maximum atomic E-state index is 13.1. The summed E-state index contributed by atoms with van der Waals surface area (Å²) in [5.74, 6) is 1.38. The van der Waals surface area contributed by atoms with Crippen molar-refractivity contribution < 1.29 is 4.79 Å². The summed E-state index contributed by atoms with van der Waals surface area (Å²) in [7, 11) is 2.13. The Kier molecular flexibility index (Phi) is 4.89. The number of likely N-dealkylation sites (N-methyl/N-ethyl adjacent to an activating group) is 1. The molecule has 2 aliphatic rings. The fourth-order valence-corrected chi connectivity index (χ4v) is 4.35. The second-order valence-corrected chi connectivity index (χ2v) is 8.72. The minimum absolute atomic E-state index is 0.235. The van der Waals surface area contributed by atoms with Gasteiger partial charge in [0.15, 0.2) is 0 Å². The number of carbonyl (C=O) groups is 1. The van der Waals surface area contributed by atoms with Gasteiger partial charge in [-0.15, -0.1) is 0 Å². The number of hydrogen-bond donors (Lipinski definition) is 0. The van der Waals surface area contributed by atoms with Gasteiger partial charge in [0.25, 0.3) is 0 Å². The third-order valence-electron chi connectivity index (χ3n) is 6.08. The van der Waals surface area contributed by atoms with Crippen LogP contribution in [-0.4, -0.2) is 30.9 Å². The molecule has 0 atom stereocenters. The van der Waals surface area contributed by atoms with Crippen LogP contribution in [0.5, 0.6) is 0 Å². The Bertz CT molecular complexity index is 582. The van der Waals surface area contributed by atoms with E-state index in [1.807, 2.05) is 0 Å². The topological polar surface area (TPSA) is 23.6 Å². The Morgan fingerprint density at radius 1 is 1.04 bits per heavy atom. The maximum absolute atomic E-state index is 13.1. The van der Waals surface area contributed by atoms with Gasteiger partial charge >= 0.3 is 0 Å². The third kappa shape index (κ3) is 3.60. The van der Waals surface area contributed by atoms with Gasteiger partial charge in [-0.3, -0.25) is 4.79 Å². The molecule has 1 amide bonds. The Hall–Kier alpha value is -1.51. The lowest BCUT2D eigenvalue weighted by Gasteiger charge is -2.37. The summed E-state index contributed by atoms with van der Waals surface area (Å²) >= 11 is 0. The average Bonchev–Trinajstić information content (AvgIpc) is 2.73. The zero-order valence-electron chi connectivity index (χ0n) is 15.7. The first-order chi connectivity index (χ1) is 11.4. The Morgan fingerprint density at radius 2 is 1.71 bits per heavy atom. The van der Waals surface area contributed by atoms with Crippen molar-refractivity contribution in [1.29, 1.82) is 0 Å². The van der Waals surface area contributed by atoms with Gasteiger partial charge < -0.3 is 9.80 Å². The fraction of sp³-hybridized carbons (Fsp3) is 0.667. The van der Waals surface area contributed by atoms with Crippen molar-refractivity contribution in [3.05, 3.63) is 29.8 Å². The molecular weight excluding hydrogens is 296 g/mol. The number of benzene rings is 1. The highest BCUT2D eigenvalue weighted by Gasteiger charge is 2.34. The average molecular weight is 328 g/mol. The largest absolute Gasteiger partial charge is 0.373 e. The lowest BCUT2D eigenvalue weighted by molar-refractivity contribution is -0.137. The van der Waals surface area contributed by atoms with E-state index in [1.54, 1.807) is 0 Å². The maximum Gasteiger partial charge on any atom is 0.226 e. The molecule has 132 valence electrons. The van der Waals surface area contributed by atoms with Gasteiger partial charge in [0, 0.05) is 38.3 Å². The van der Waals surface area contributed by atoms with Gasteiger partial charge in [-0.25, -0.2) is 0 Å². The number of para-hydroxylation sites is 1. The zero-order chi connectivity index (χ0) is 17.3. The minimum atomic E-state index is 0.235. The number of nitrogens with zero attached hydrogens (tertiary/aromatic N) is 2. The Balaban J connectivity index is 1.66. The van der Waals surface area contributed by atoms with Crippen LogP contribution in [0.1, 0.15) is 52.0 Å². The lowest BCUT2D eigenvalue weighted by Crippen LogP contribution is -2.40. The van der Waals surface area contributed by atoms with Crippen molar-refractivity contribution in [3.8, 4) is 0 Å². The number of carbonyl (C=O) groups excluding carboxylic acids is 1. The summed E-state index contributed by atoms with van der Waals surface area (Å²) in [6.07, 6.45) is 4.53. The molecule has 0 radical (unpaired) electrons. The van der Waals surface area contributed by atoms with Crippen molar-refractivity contribution in [2.24, 2.45) is 17.3 Å². The summed E-state index contributed by atoms with van der Waals surface area (Å²) in [5, 5.41) is 0. The van der Waals surface area contributed by atoms with E-state index in [-0.39, 0.29) is 5.92 Å². The van der Waals surface area contributed by atoms with Crippen molar-refractivity contribution >= 4 is 11.6 Å². The predicted octanol–water partition coefficient (Wildman–Crippen LogP) is 4.32. The quantitative estimate of drug-likeness (QED) is 0.766. The normalized spacial score (nSPS) is 25.2. The molecule has 1 aliphatic heterocycles. The highest BCUT2D eigenvalue weighted by molar-refractivity contribution is 5.79. The minimum Gasteiger partial charge on any atom is -0.373 e. The number of rotatable bonds is 1. The number of amides is 1. The smallest absolute Gasteiger partial charge is 0.226 e. The lowest BCUT2D eigenvalue weighted by atomic mass is 9.69. The van der Waals surface area contributed by atoms with Crippen LogP contribution in [0.2, 0.25) is 0 Å². The van der Waals surface area contributed by atoms with Crippen molar-refractivity contribution in [1.82, 2.24) is 4.90 Å². The monoisotopic (exact) mass is 328 g/mol. The zero-order valence-corrected chi connectivity index (χ0v) is 15.7.